The molecule has 3 aromatic carbocycles. The Labute approximate surface area is 169 Å². The SMILES string of the molecule is CCc1ccc(Cc2ccc(Cc3ccc(CC)c(C)c3C)cc2Cl)cc1. The van der Waals surface area contributed by atoms with Crippen LogP contribution in [0, 0.1) is 13.8 Å². The molecule has 0 spiro atoms. The summed E-state index contributed by atoms with van der Waals surface area (Å²) in [6.07, 6.45) is 3.98. The molecule has 0 saturated heterocycles. The molecule has 0 aliphatic carbocycles. The maximum Gasteiger partial charge on any atom is 0.0444 e. The molecule has 0 bridgehead atoms. The molecule has 0 aromatic heterocycles. The van der Waals surface area contributed by atoms with E-state index < -0.39 is 0 Å². The van der Waals surface area contributed by atoms with Crippen LogP contribution in [0.25, 0.3) is 0 Å². The van der Waals surface area contributed by atoms with Crippen LogP contribution in [0.3, 0.4) is 0 Å². The van der Waals surface area contributed by atoms with E-state index in [-0.39, 0.29) is 0 Å². The van der Waals surface area contributed by atoms with Crippen molar-refractivity contribution in [1.82, 2.24) is 0 Å². The number of hydrogen-bond acceptors (Lipinski definition) is 0. The van der Waals surface area contributed by atoms with Crippen molar-refractivity contribution in [3.05, 3.63) is 104 Å². The van der Waals surface area contributed by atoms with Crippen molar-refractivity contribution in [1.29, 1.82) is 0 Å². The van der Waals surface area contributed by atoms with Gasteiger partial charge in [-0.1, -0.05) is 74.0 Å². The molecule has 27 heavy (non-hydrogen) atoms. The molecule has 3 aromatic rings. The van der Waals surface area contributed by atoms with E-state index in [0.29, 0.717) is 0 Å². The third kappa shape index (κ3) is 4.62. The first-order valence-corrected chi connectivity index (χ1v) is 10.3. The van der Waals surface area contributed by atoms with Gasteiger partial charge in [-0.2, -0.15) is 0 Å². The second kappa shape index (κ2) is 8.76. The zero-order chi connectivity index (χ0) is 19.4. The van der Waals surface area contributed by atoms with Gasteiger partial charge < -0.3 is 0 Å². The van der Waals surface area contributed by atoms with E-state index in [2.05, 4.69) is 82.3 Å². The van der Waals surface area contributed by atoms with E-state index in [1.807, 2.05) is 0 Å². The highest BCUT2D eigenvalue weighted by atomic mass is 35.5. The fourth-order valence-electron chi connectivity index (χ4n) is 3.68. The molecular formula is C26H29Cl. The minimum Gasteiger partial charge on any atom is -0.0840 e. The van der Waals surface area contributed by atoms with Gasteiger partial charge in [0, 0.05) is 5.02 Å². The molecule has 0 aliphatic rings. The van der Waals surface area contributed by atoms with Gasteiger partial charge in [-0.3, -0.25) is 0 Å². The van der Waals surface area contributed by atoms with Gasteiger partial charge in [0.15, 0.2) is 0 Å². The molecule has 0 heterocycles. The predicted octanol–water partition coefficient (Wildman–Crippen LogP) is 7.26. The molecule has 0 fully saturated rings. The fraction of sp³-hybridized carbons (Fsp3) is 0.308. The van der Waals surface area contributed by atoms with Crippen molar-refractivity contribution in [2.24, 2.45) is 0 Å². The number of aryl methyl sites for hydroxylation is 2. The Hall–Kier alpha value is -2.05. The second-order valence-electron chi connectivity index (χ2n) is 7.44. The first kappa shape index (κ1) is 19.7. The quantitative estimate of drug-likeness (QED) is 0.424. The van der Waals surface area contributed by atoms with E-state index in [0.717, 1.165) is 30.7 Å². The Balaban J connectivity index is 1.77. The summed E-state index contributed by atoms with van der Waals surface area (Å²) in [6, 6.07) is 19.9. The molecule has 3 rings (SSSR count). The molecule has 1 heteroatoms. The van der Waals surface area contributed by atoms with E-state index in [1.54, 1.807) is 0 Å². The smallest absolute Gasteiger partial charge is 0.0444 e. The van der Waals surface area contributed by atoms with Gasteiger partial charge in [0.2, 0.25) is 0 Å². The van der Waals surface area contributed by atoms with E-state index in [9.17, 15) is 0 Å². The average molecular weight is 377 g/mol. The van der Waals surface area contributed by atoms with Crippen molar-refractivity contribution in [2.75, 3.05) is 0 Å². The predicted molar refractivity (Wildman–Crippen MR) is 118 cm³/mol. The van der Waals surface area contributed by atoms with Crippen LogP contribution in [0.2, 0.25) is 5.02 Å². The highest BCUT2D eigenvalue weighted by Crippen LogP contribution is 2.25. The Morgan fingerprint density at radius 3 is 1.74 bits per heavy atom. The lowest BCUT2D eigenvalue weighted by Gasteiger charge is -2.14. The van der Waals surface area contributed by atoms with E-state index in [1.165, 1.54) is 44.5 Å². The largest absolute Gasteiger partial charge is 0.0840 e. The number of rotatable bonds is 6. The van der Waals surface area contributed by atoms with Crippen LogP contribution >= 0.6 is 11.6 Å². The van der Waals surface area contributed by atoms with Crippen LogP contribution < -0.4 is 0 Å². The van der Waals surface area contributed by atoms with Gasteiger partial charge in [-0.25, -0.2) is 0 Å². The van der Waals surface area contributed by atoms with Crippen LogP contribution in [0.1, 0.15) is 58.4 Å². The van der Waals surface area contributed by atoms with Crippen molar-refractivity contribution in [3.8, 4) is 0 Å². The molecule has 0 N–H and O–H groups in total. The Morgan fingerprint density at radius 2 is 1.11 bits per heavy atom. The molecule has 0 amide bonds. The normalized spacial score (nSPS) is 11.0. The standard InChI is InChI=1S/C26H29Cl/c1-5-20-7-9-21(10-8-20)15-25-12-11-22(17-26(25)27)16-24-14-13-23(6-2)18(3)19(24)4/h7-14,17H,5-6,15-16H2,1-4H3. The molecule has 0 aliphatic heterocycles. The third-order valence-electron chi connectivity index (χ3n) is 5.73. The molecular weight excluding hydrogens is 348 g/mol. The molecule has 0 unspecified atom stereocenters. The lowest BCUT2D eigenvalue weighted by molar-refractivity contribution is 1.06. The lowest BCUT2D eigenvalue weighted by atomic mass is 9.92. The summed E-state index contributed by atoms with van der Waals surface area (Å²) in [7, 11) is 0. The van der Waals surface area contributed by atoms with Crippen molar-refractivity contribution < 1.29 is 0 Å². The van der Waals surface area contributed by atoms with E-state index in [4.69, 9.17) is 11.6 Å². The van der Waals surface area contributed by atoms with Crippen LogP contribution in [0.5, 0.6) is 0 Å². The maximum absolute atomic E-state index is 6.62. The highest BCUT2D eigenvalue weighted by Gasteiger charge is 2.08. The zero-order valence-corrected chi connectivity index (χ0v) is 17.7. The van der Waals surface area contributed by atoms with Gasteiger partial charge in [-0.05, 0) is 90.1 Å². The molecule has 140 valence electrons. The van der Waals surface area contributed by atoms with Crippen LogP contribution in [-0.4, -0.2) is 0 Å². The van der Waals surface area contributed by atoms with E-state index >= 15 is 0 Å². The lowest BCUT2D eigenvalue weighted by Crippen LogP contribution is -1.99. The molecule has 0 radical (unpaired) electrons. The Bertz CT molecular complexity index is 920. The first-order valence-electron chi connectivity index (χ1n) is 9.94. The summed E-state index contributed by atoms with van der Waals surface area (Å²) < 4.78 is 0. The highest BCUT2D eigenvalue weighted by molar-refractivity contribution is 6.31. The number of hydrogen-bond donors (Lipinski definition) is 0. The summed E-state index contributed by atoms with van der Waals surface area (Å²) in [5, 5.41) is 0.867. The molecule has 0 saturated carbocycles. The number of halogens is 1. The third-order valence-corrected chi connectivity index (χ3v) is 6.08. The van der Waals surface area contributed by atoms with Gasteiger partial charge >= 0.3 is 0 Å². The van der Waals surface area contributed by atoms with Crippen LogP contribution in [0.15, 0.2) is 54.6 Å². The van der Waals surface area contributed by atoms with Gasteiger partial charge in [0.1, 0.15) is 0 Å². The van der Waals surface area contributed by atoms with Crippen molar-refractivity contribution in [2.45, 2.75) is 53.4 Å². The van der Waals surface area contributed by atoms with Gasteiger partial charge in [-0.15, -0.1) is 0 Å². The minimum absolute atomic E-state index is 0.867. The maximum atomic E-state index is 6.62. The molecule has 0 nitrogen and oxygen atoms in total. The number of benzene rings is 3. The monoisotopic (exact) mass is 376 g/mol. The minimum atomic E-state index is 0.867. The van der Waals surface area contributed by atoms with Crippen molar-refractivity contribution in [3.63, 3.8) is 0 Å². The molecule has 0 atom stereocenters. The second-order valence-corrected chi connectivity index (χ2v) is 7.84. The summed E-state index contributed by atoms with van der Waals surface area (Å²) in [5.74, 6) is 0. The summed E-state index contributed by atoms with van der Waals surface area (Å²) in [6.45, 7) is 8.87. The zero-order valence-electron chi connectivity index (χ0n) is 16.9. The summed E-state index contributed by atoms with van der Waals surface area (Å²) >= 11 is 6.62. The van der Waals surface area contributed by atoms with Crippen molar-refractivity contribution >= 4 is 11.6 Å². The average Bonchev–Trinajstić information content (AvgIpc) is 2.68. The Morgan fingerprint density at radius 1 is 0.593 bits per heavy atom. The summed E-state index contributed by atoms with van der Waals surface area (Å²) in [5.41, 5.74) is 10.8. The fourth-order valence-corrected chi connectivity index (χ4v) is 3.95. The Kier molecular flexibility index (Phi) is 6.39. The topological polar surface area (TPSA) is 0 Å². The summed E-state index contributed by atoms with van der Waals surface area (Å²) in [4.78, 5) is 0. The van der Waals surface area contributed by atoms with Gasteiger partial charge in [0.25, 0.3) is 0 Å². The van der Waals surface area contributed by atoms with Crippen LogP contribution in [-0.2, 0) is 25.7 Å². The van der Waals surface area contributed by atoms with Crippen LogP contribution in [0.4, 0.5) is 0 Å². The van der Waals surface area contributed by atoms with Gasteiger partial charge in [0.05, 0.1) is 0 Å². The first-order chi connectivity index (χ1) is 13.0.